The third-order valence-electron chi connectivity index (χ3n) is 2.72. The van der Waals surface area contributed by atoms with Gasteiger partial charge < -0.3 is 21.9 Å². The van der Waals surface area contributed by atoms with Gasteiger partial charge in [0.15, 0.2) is 11.7 Å². The van der Waals surface area contributed by atoms with Crippen LogP contribution in [0.25, 0.3) is 0 Å². The van der Waals surface area contributed by atoms with Crippen molar-refractivity contribution in [2.75, 3.05) is 0 Å². The summed E-state index contributed by atoms with van der Waals surface area (Å²) in [6.07, 6.45) is 0.316. The van der Waals surface area contributed by atoms with E-state index in [0.717, 1.165) is 0 Å². The van der Waals surface area contributed by atoms with Crippen LogP contribution in [-0.4, -0.2) is 23.3 Å². The second-order valence-corrected chi connectivity index (χ2v) is 5.15. The largest absolute Gasteiger partial charge is 0.487 e. The highest BCUT2D eigenvalue weighted by atomic mass is 16.5. The Bertz CT molecular complexity index is 615. The molecule has 7 heteroatoms. The van der Waals surface area contributed by atoms with Gasteiger partial charge in [-0.2, -0.15) is 4.99 Å². The fraction of sp³-hybridized carbons (Fsp3) is 0.308. The number of nitrogens with two attached hydrogens (primary N) is 3. The minimum atomic E-state index is -0.494. The molecule has 0 saturated carbocycles. The average molecular weight is 275 g/mol. The van der Waals surface area contributed by atoms with Crippen molar-refractivity contribution < 1.29 is 9.53 Å². The van der Waals surface area contributed by atoms with Gasteiger partial charge in [-0.1, -0.05) is 0 Å². The smallest absolute Gasteiger partial charge is 0.223 e. The van der Waals surface area contributed by atoms with Gasteiger partial charge in [0.05, 0.1) is 17.7 Å². The molecule has 0 amide bonds. The van der Waals surface area contributed by atoms with Gasteiger partial charge in [-0.25, -0.2) is 4.99 Å². The first kappa shape index (κ1) is 13.9. The Balaban J connectivity index is 2.36. The van der Waals surface area contributed by atoms with Crippen LogP contribution in [0, 0.1) is 0 Å². The zero-order valence-electron chi connectivity index (χ0n) is 11.4. The number of guanidine groups is 2. The third kappa shape index (κ3) is 3.05. The van der Waals surface area contributed by atoms with Crippen LogP contribution in [0.1, 0.15) is 30.6 Å². The lowest BCUT2D eigenvalue weighted by molar-refractivity contribution is 0.0620. The maximum Gasteiger partial charge on any atom is 0.223 e. The summed E-state index contributed by atoms with van der Waals surface area (Å²) in [6.45, 7) is 3.74. The number of hydrogen-bond donors (Lipinski definition) is 3. The van der Waals surface area contributed by atoms with Gasteiger partial charge in [0.1, 0.15) is 11.4 Å². The van der Waals surface area contributed by atoms with Gasteiger partial charge in [0, 0.05) is 0 Å². The van der Waals surface area contributed by atoms with E-state index in [1.54, 1.807) is 18.2 Å². The van der Waals surface area contributed by atoms with Gasteiger partial charge in [-0.3, -0.25) is 4.79 Å². The highest BCUT2D eigenvalue weighted by molar-refractivity contribution is 6.01. The zero-order valence-corrected chi connectivity index (χ0v) is 11.4. The molecule has 0 aromatic heterocycles. The van der Waals surface area contributed by atoms with Crippen molar-refractivity contribution in [3.05, 3.63) is 23.8 Å². The molecule has 6 N–H and O–H groups in total. The number of Topliss-reactive ketones (excluding diaryl/α,β-unsaturated/α-hetero) is 1. The Labute approximate surface area is 116 Å². The molecule has 0 radical (unpaired) electrons. The van der Waals surface area contributed by atoms with E-state index in [1.165, 1.54) is 0 Å². The van der Waals surface area contributed by atoms with Crippen LogP contribution >= 0.6 is 0 Å². The summed E-state index contributed by atoms with van der Waals surface area (Å²) in [6, 6.07) is 4.99. The quantitative estimate of drug-likeness (QED) is 0.512. The fourth-order valence-electron chi connectivity index (χ4n) is 2.00. The second-order valence-electron chi connectivity index (χ2n) is 5.15. The van der Waals surface area contributed by atoms with Crippen molar-refractivity contribution in [2.45, 2.75) is 25.9 Å². The molecule has 20 heavy (non-hydrogen) atoms. The first-order valence-corrected chi connectivity index (χ1v) is 6.07. The Hall–Kier alpha value is -2.57. The lowest BCUT2D eigenvalue weighted by atomic mass is 9.93. The first-order valence-electron chi connectivity index (χ1n) is 6.07. The highest BCUT2D eigenvalue weighted by Gasteiger charge is 2.32. The lowest BCUT2D eigenvalue weighted by Gasteiger charge is -2.31. The average Bonchev–Trinajstić information content (AvgIpc) is 2.27. The van der Waals surface area contributed by atoms with Gasteiger partial charge in [0.25, 0.3) is 0 Å². The van der Waals surface area contributed by atoms with Crippen LogP contribution in [0.5, 0.6) is 5.75 Å². The van der Waals surface area contributed by atoms with E-state index in [-0.39, 0.29) is 17.7 Å². The summed E-state index contributed by atoms with van der Waals surface area (Å²) >= 11 is 0. The van der Waals surface area contributed by atoms with E-state index in [2.05, 4.69) is 9.98 Å². The zero-order chi connectivity index (χ0) is 14.9. The molecule has 0 saturated heterocycles. The molecule has 0 unspecified atom stereocenters. The fourth-order valence-corrected chi connectivity index (χ4v) is 2.00. The number of nitrogens with zero attached hydrogens (tertiary/aromatic N) is 2. The van der Waals surface area contributed by atoms with Crippen LogP contribution in [0.2, 0.25) is 0 Å². The molecule has 7 nitrogen and oxygen atoms in total. The minimum Gasteiger partial charge on any atom is -0.487 e. The molecule has 106 valence electrons. The van der Waals surface area contributed by atoms with Crippen LogP contribution < -0.4 is 21.9 Å². The Morgan fingerprint density at radius 1 is 1.30 bits per heavy atom. The molecule has 0 aliphatic carbocycles. The Kier molecular flexibility index (Phi) is 3.35. The molecule has 0 fully saturated rings. The highest BCUT2D eigenvalue weighted by Crippen LogP contribution is 2.35. The summed E-state index contributed by atoms with van der Waals surface area (Å²) in [4.78, 5) is 19.7. The monoisotopic (exact) mass is 275 g/mol. The Morgan fingerprint density at radius 3 is 2.65 bits per heavy atom. The van der Waals surface area contributed by atoms with Crippen molar-refractivity contribution in [3.8, 4) is 5.75 Å². The summed E-state index contributed by atoms with van der Waals surface area (Å²) in [5.41, 5.74) is 16.4. The van der Waals surface area contributed by atoms with Crippen LogP contribution in [0.4, 0.5) is 5.69 Å². The SMILES string of the molecule is CC1(C)CC(=O)c2cc(N=C(N)N=C(N)N)ccc2O1. The van der Waals surface area contributed by atoms with Crippen molar-refractivity contribution >= 4 is 23.4 Å². The summed E-state index contributed by atoms with van der Waals surface area (Å²) in [5.74, 6) is 0.305. The maximum atomic E-state index is 12.1. The van der Waals surface area contributed by atoms with Crippen LogP contribution in [0.15, 0.2) is 28.2 Å². The standard InChI is InChI=1S/C13H17N5O2/c1-13(2)6-9(19)8-5-7(3-4-10(8)20-13)17-12(16)18-11(14)15/h3-5H,6H2,1-2H3,(H6,14,15,16,17,18). The molecule has 1 aromatic rings. The molecule has 2 rings (SSSR count). The molecule has 0 atom stereocenters. The molecule has 0 spiro atoms. The number of benzene rings is 1. The predicted octanol–water partition coefficient (Wildman–Crippen LogP) is 0.650. The minimum absolute atomic E-state index is 0.00807. The van der Waals surface area contributed by atoms with E-state index < -0.39 is 5.60 Å². The van der Waals surface area contributed by atoms with Crippen molar-refractivity contribution in [3.63, 3.8) is 0 Å². The van der Waals surface area contributed by atoms with Gasteiger partial charge >= 0.3 is 0 Å². The molecular weight excluding hydrogens is 258 g/mol. The molecule has 1 aliphatic rings. The van der Waals surface area contributed by atoms with E-state index in [0.29, 0.717) is 23.4 Å². The molecule has 1 aliphatic heterocycles. The van der Waals surface area contributed by atoms with Crippen LogP contribution in [-0.2, 0) is 0 Å². The molecule has 1 aromatic carbocycles. The normalized spacial score (nSPS) is 17.1. The first-order chi connectivity index (χ1) is 9.27. The van der Waals surface area contributed by atoms with Crippen molar-refractivity contribution in [1.29, 1.82) is 0 Å². The number of carbonyl (C=O) groups excluding carboxylic acids is 1. The number of fused-ring (bicyclic) bond motifs is 1. The lowest BCUT2D eigenvalue weighted by Crippen LogP contribution is -2.35. The summed E-state index contributed by atoms with van der Waals surface area (Å²) in [7, 11) is 0. The number of ketones is 1. The number of carbonyl (C=O) groups is 1. The van der Waals surface area contributed by atoms with Gasteiger partial charge in [0.2, 0.25) is 5.96 Å². The van der Waals surface area contributed by atoms with Gasteiger partial charge in [-0.15, -0.1) is 0 Å². The number of ether oxygens (including phenoxy) is 1. The number of rotatable bonds is 1. The number of hydrogen-bond acceptors (Lipinski definition) is 3. The van der Waals surface area contributed by atoms with Gasteiger partial charge in [-0.05, 0) is 32.0 Å². The number of aliphatic imine (C=N–C) groups is 2. The van der Waals surface area contributed by atoms with E-state index in [1.807, 2.05) is 13.8 Å². The van der Waals surface area contributed by atoms with Crippen molar-refractivity contribution in [2.24, 2.45) is 27.2 Å². The maximum absolute atomic E-state index is 12.1. The van der Waals surface area contributed by atoms with E-state index in [4.69, 9.17) is 21.9 Å². The predicted molar refractivity (Wildman–Crippen MR) is 77.2 cm³/mol. The molecule has 0 bridgehead atoms. The third-order valence-corrected chi connectivity index (χ3v) is 2.72. The van der Waals surface area contributed by atoms with Crippen molar-refractivity contribution in [1.82, 2.24) is 0 Å². The summed E-state index contributed by atoms with van der Waals surface area (Å²) < 4.78 is 5.75. The topological polar surface area (TPSA) is 129 Å². The van der Waals surface area contributed by atoms with E-state index in [9.17, 15) is 4.79 Å². The molecule has 1 heterocycles. The second kappa shape index (κ2) is 4.84. The Morgan fingerprint density at radius 2 is 2.00 bits per heavy atom. The van der Waals surface area contributed by atoms with E-state index >= 15 is 0 Å². The summed E-state index contributed by atoms with van der Waals surface area (Å²) in [5, 5.41) is 0. The molecular formula is C13H17N5O2. The van der Waals surface area contributed by atoms with Crippen LogP contribution in [0.3, 0.4) is 0 Å².